The summed E-state index contributed by atoms with van der Waals surface area (Å²) in [6, 6.07) is 16.0. The van der Waals surface area contributed by atoms with E-state index in [0.717, 1.165) is 43.6 Å². The predicted molar refractivity (Wildman–Crippen MR) is 110 cm³/mol. The number of piperidine rings is 1. The lowest BCUT2D eigenvalue weighted by Gasteiger charge is -2.31. The fourth-order valence-corrected chi connectivity index (χ4v) is 4.03. The summed E-state index contributed by atoms with van der Waals surface area (Å²) in [5.74, 6) is 0.0329. The molecule has 2 amide bonds. The van der Waals surface area contributed by atoms with Crippen molar-refractivity contribution in [3.05, 3.63) is 66.0 Å². The first kappa shape index (κ1) is 19.6. The number of anilines is 1. The van der Waals surface area contributed by atoms with E-state index < -0.39 is 0 Å². The summed E-state index contributed by atoms with van der Waals surface area (Å²) in [5.41, 5.74) is 1.84. The smallest absolute Gasteiger partial charge is 0.238 e. The third kappa shape index (κ3) is 5.21. The molecule has 1 saturated heterocycles. The summed E-state index contributed by atoms with van der Waals surface area (Å²) in [6.07, 6.45) is 2.52. The maximum Gasteiger partial charge on any atom is 0.238 e. The van der Waals surface area contributed by atoms with E-state index in [1.807, 2.05) is 30.3 Å². The van der Waals surface area contributed by atoms with Gasteiger partial charge in [0.1, 0.15) is 5.82 Å². The average Bonchev–Trinajstić information content (AvgIpc) is 3.52. The van der Waals surface area contributed by atoms with Gasteiger partial charge in [-0.05, 0) is 55.0 Å². The second-order valence-electron chi connectivity index (χ2n) is 7.97. The fraction of sp³-hybridized carbons (Fsp3) is 0.391. The van der Waals surface area contributed by atoms with Crippen molar-refractivity contribution in [2.75, 3.05) is 25.0 Å². The highest BCUT2D eigenvalue weighted by Crippen LogP contribution is 2.47. The molecular weight excluding hydrogens is 369 g/mol. The van der Waals surface area contributed by atoms with Crippen LogP contribution >= 0.6 is 0 Å². The first-order valence-electron chi connectivity index (χ1n) is 10.2. The number of benzene rings is 2. The first-order valence-corrected chi connectivity index (χ1v) is 10.2. The van der Waals surface area contributed by atoms with E-state index in [1.54, 1.807) is 12.1 Å². The van der Waals surface area contributed by atoms with E-state index in [4.69, 9.17) is 0 Å². The fourth-order valence-electron chi connectivity index (χ4n) is 4.03. The Labute approximate surface area is 170 Å². The largest absolute Gasteiger partial charge is 0.353 e. The molecule has 2 aromatic rings. The van der Waals surface area contributed by atoms with E-state index in [-0.39, 0.29) is 35.5 Å². The van der Waals surface area contributed by atoms with Crippen LogP contribution in [-0.2, 0) is 9.59 Å². The number of hydrogen-bond acceptors (Lipinski definition) is 3. The van der Waals surface area contributed by atoms with E-state index >= 15 is 0 Å². The van der Waals surface area contributed by atoms with Crippen LogP contribution in [0.15, 0.2) is 54.6 Å². The quantitative estimate of drug-likeness (QED) is 0.790. The van der Waals surface area contributed by atoms with Crippen molar-refractivity contribution < 1.29 is 14.0 Å². The van der Waals surface area contributed by atoms with Gasteiger partial charge in [-0.15, -0.1) is 0 Å². The molecule has 2 unspecified atom stereocenters. The van der Waals surface area contributed by atoms with Gasteiger partial charge in [-0.3, -0.25) is 14.5 Å². The third-order valence-electron chi connectivity index (χ3n) is 5.78. The molecule has 0 bridgehead atoms. The molecule has 2 N–H and O–H groups in total. The molecule has 152 valence electrons. The molecule has 0 aromatic heterocycles. The van der Waals surface area contributed by atoms with E-state index in [2.05, 4.69) is 15.5 Å². The van der Waals surface area contributed by atoms with Gasteiger partial charge < -0.3 is 10.6 Å². The Bertz CT molecular complexity index is 848. The van der Waals surface area contributed by atoms with E-state index in [0.29, 0.717) is 6.54 Å². The summed E-state index contributed by atoms with van der Waals surface area (Å²) >= 11 is 0. The molecule has 1 aliphatic carbocycles. The summed E-state index contributed by atoms with van der Waals surface area (Å²) in [4.78, 5) is 26.8. The summed E-state index contributed by atoms with van der Waals surface area (Å²) in [5, 5.41) is 6.07. The topological polar surface area (TPSA) is 61.4 Å². The molecule has 1 saturated carbocycles. The summed E-state index contributed by atoms with van der Waals surface area (Å²) in [6.45, 7) is 1.95. The van der Waals surface area contributed by atoms with Crippen LogP contribution < -0.4 is 10.6 Å². The van der Waals surface area contributed by atoms with Crippen molar-refractivity contribution in [1.82, 2.24) is 10.2 Å². The van der Waals surface area contributed by atoms with Gasteiger partial charge in [0.05, 0.1) is 6.54 Å². The van der Waals surface area contributed by atoms with Gasteiger partial charge in [0.25, 0.3) is 0 Å². The van der Waals surface area contributed by atoms with Crippen LogP contribution in [0.2, 0.25) is 0 Å². The lowest BCUT2D eigenvalue weighted by Crippen LogP contribution is -2.47. The minimum atomic E-state index is -0.250. The van der Waals surface area contributed by atoms with E-state index in [9.17, 15) is 14.0 Å². The van der Waals surface area contributed by atoms with Gasteiger partial charge in [0.15, 0.2) is 0 Å². The van der Waals surface area contributed by atoms with Crippen molar-refractivity contribution in [2.24, 2.45) is 5.92 Å². The van der Waals surface area contributed by atoms with Crippen LogP contribution in [0, 0.1) is 11.7 Å². The SMILES string of the molecule is O=C(CN1CCC(NC(=O)C2CC2c2ccc(F)cc2)CC1)Nc1ccccc1. The second kappa shape index (κ2) is 8.74. The van der Waals surface area contributed by atoms with Crippen LogP contribution in [0.3, 0.4) is 0 Å². The molecule has 29 heavy (non-hydrogen) atoms. The number of halogens is 1. The zero-order chi connectivity index (χ0) is 20.2. The number of carbonyl (C=O) groups excluding carboxylic acids is 2. The lowest BCUT2D eigenvalue weighted by molar-refractivity contribution is -0.124. The Kier molecular flexibility index (Phi) is 5.90. The van der Waals surface area contributed by atoms with Gasteiger partial charge in [-0.1, -0.05) is 30.3 Å². The number of rotatable bonds is 6. The number of amides is 2. The van der Waals surface area contributed by atoms with Crippen molar-refractivity contribution in [2.45, 2.75) is 31.2 Å². The Morgan fingerprint density at radius 3 is 2.38 bits per heavy atom. The van der Waals surface area contributed by atoms with Crippen LogP contribution in [0.25, 0.3) is 0 Å². The molecular formula is C23H26FN3O2. The van der Waals surface area contributed by atoms with Crippen molar-refractivity contribution in [1.29, 1.82) is 0 Å². The molecule has 2 atom stereocenters. The van der Waals surface area contributed by atoms with Crippen molar-refractivity contribution >= 4 is 17.5 Å². The zero-order valence-electron chi connectivity index (χ0n) is 16.3. The third-order valence-corrected chi connectivity index (χ3v) is 5.78. The molecule has 6 heteroatoms. The number of nitrogens with one attached hydrogen (secondary N) is 2. The molecule has 1 aliphatic heterocycles. The van der Waals surface area contributed by atoms with Crippen molar-refractivity contribution in [3.63, 3.8) is 0 Å². The molecule has 0 radical (unpaired) electrons. The monoisotopic (exact) mass is 395 g/mol. The predicted octanol–water partition coefficient (Wildman–Crippen LogP) is 3.15. The highest BCUT2D eigenvalue weighted by Gasteiger charge is 2.44. The number of hydrogen-bond donors (Lipinski definition) is 2. The Morgan fingerprint density at radius 1 is 1.00 bits per heavy atom. The lowest BCUT2D eigenvalue weighted by atomic mass is 10.0. The van der Waals surface area contributed by atoms with Gasteiger partial charge in [0.2, 0.25) is 11.8 Å². The van der Waals surface area contributed by atoms with E-state index in [1.165, 1.54) is 12.1 Å². The standard InChI is InChI=1S/C23H26FN3O2/c24-17-8-6-16(7-9-17)20-14-21(20)23(29)26-19-10-12-27(13-11-19)15-22(28)25-18-4-2-1-3-5-18/h1-9,19-21H,10-15H2,(H,25,28)(H,26,29). The molecule has 2 fully saturated rings. The second-order valence-corrected chi connectivity index (χ2v) is 7.97. The Morgan fingerprint density at radius 2 is 1.69 bits per heavy atom. The highest BCUT2D eigenvalue weighted by atomic mass is 19.1. The van der Waals surface area contributed by atoms with Crippen LogP contribution in [-0.4, -0.2) is 42.4 Å². The maximum absolute atomic E-state index is 13.0. The Hall–Kier alpha value is -2.73. The number of likely N-dealkylation sites (tertiary alicyclic amines) is 1. The van der Waals surface area contributed by atoms with Crippen LogP contribution in [0.1, 0.15) is 30.7 Å². The van der Waals surface area contributed by atoms with Gasteiger partial charge >= 0.3 is 0 Å². The normalized spacial score (nSPS) is 22.1. The van der Waals surface area contributed by atoms with Gasteiger partial charge in [-0.2, -0.15) is 0 Å². The minimum Gasteiger partial charge on any atom is -0.353 e. The minimum absolute atomic E-state index is 0.00450. The van der Waals surface area contributed by atoms with Crippen molar-refractivity contribution in [3.8, 4) is 0 Å². The van der Waals surface area contributed by atoms with Crippen LogP contribution in [0.4, 0.5) is 10.1 Å². The van der Waals surface area contributed by atoms with Crippen LogP contribution in [0.5, 0.6) is 0 Å². The van der Waals surface area contributed by atoms with Gasteiger partial charge in [0, 0.05) is 30.7 Å². The maximum atomic E-state index is 13.0. The first-order chi connectivity index (χ1) is 14.1. The Balaban J connectivity index is 1.18. The molecule has 4 rings (SSSR count). The molecule has 0 spiro atoms. The zero-order valence-corrected chi connectivity index (χ0v) is 16.3. The molecule has 2 aliphatic rings. The summed E-state index contributed by atoms with van der Waals surface area (Å²) in [7, 11) is 0. The molecule has 5 nitrogen and oxygen atoms in total. The summed E-state index contributed by atoms with van der Waals surface area (Å²) < 4.78 is 13.0. The molecule has 1 heterocycles. The number of para-hydroxylation sites is 1. The highest BCUT2D eigenvalue weighted by molar-refractivity contribution is 5.92. The van der Waals surface area contributed by atoms with Gasteiger partial charge in [-0.25, -0.2) is 4.39 Å². The molecule has 2 aromatic carbocycles. The average molecular weight is 395 g/mol. The number of nitrogens with zero attached hydrogens (tertiary/aromatic N) is 1. The number of carbonyl (C=O) groups is 2.